The first kappa shape index (κ1) is 11.2. The van der Waals surface area contributed by atoms with Gasteiger partial charge in [0.2, 0.25) is 11.3 Å². The van der Waals surface area contributed by atoms with E-state index >= 15 is 0 Å². The molecule has 1 aliphatic rings. The van der Waals surface area contributed by atoms with Crippen LogP contribution >= 0.6 is 0 Å². The Morgan fingerprint density at radius 3 is 2.65 bits per heavy atom. The highest BCUT2D eigenvalue weighted by molar-refractivity contribution is 5.94. The molecular weight excluding hydrogens is 226 g/mol. The number of H-pyrrole nitrogens is 1. The van der Waals surface area contributed by atoms with E-state index in [9.17, 15) is 14.4 Å². The van der Waals surface area contributed by atoms with Crippen molar-refractivity contribution in [2.75, 3.05) is 13.1 Å². The number of pyridine rings is 1. The summed E-state index contributed by atoms with van der Waals surface area (Å²) in [6.07, 6.45) is 1.06. The molecule has 0 spiro atoms. The number of hydrogen-bond donors (Lipinski definition) is 3. The van der Waals surface area contributed by atoms with Crippen molar-refractivity contribution in [2.24, 2.45) is 11.7 Å². The third-order valence-corrected chi connectivity index (χ3v) is 2.69. The van der Waals surface area contributed by atoms with Crippen LogP contribution in [-0.4, -0.2) is 39.9 Å². The minimum atomic E-state index is -0.626. The Balaban J connectivity index is 2.09. The molecule has 1 aromatic heterocycles. The lowest BCUT2D eigenvalue weighted by molar-refractivity contribution is -0.125. The molecule has 7 nitrogen and oxygen atoms in total. The molecule has 0 aromatic carbocycles. The normalized spacial score (nSPS) is 15.4. The first-order valence-electron chi connectivity index (χ1n) is 4.99. The highest BCUT2D eigenvalue weighted by Crippen LogP contribution is 2.17. The van der Waals surface area contributed by atoms with E-state index in [4.69, 9.17) is 10.8 Å². The zero-order chi connectivity index (χ0) is 12.6. The molecule has 2 rings (SSSR count). The quantitative estimate of drug-likeness (QED) is 0.588. The smallest absolute Gasteiger partial charge is 0.270 e. The van der Waals surface area contributed by atoms with Gasteiger partial charge in [-0.15, -0.1) is 0 Å². The summed E-state index contributed by atoms with van der Waals surface area (Å²) in [5.41, 5.74) is 4.53. The third kappa shape index (κ3) is 1.99. The number of aromatic amines is 1. The summed E-state index contributed by atoms with van der Waals surface area (Å²) in [5.74, 6) is -1.59. The van der Waals surface area contributed by atoms with Crippen LogP contribution in [0.15, 0.2) is 17.1 Å². The topological polar surface area (TPSA) is 116 Å². The molecule has 2 heterocycles. The number of rotatable bonds is 2. The Kier molecular flexibility index (Phi) is 2.58. The number of amides is 2. The van der Waals surface area contributed by atoms with E-state index in [-0.39, 0.29) is 30.6 Å². The molecule has 0 unspecified atom stereocenters. The molecule has 2 amide bonds. The second-order valence-electron chi connectivity index (χ2n) is 3.91. The Labute approximate surface area is 95.8 Å². The number of carbonyl (C=O) groups is 2. The van der Waals surface area contributed by atoms with Gasteiger partial charge in [0.15, 0.2) is 5.75 Å². The van der Waals surface area contributed by atoms with Crippen molar-refractivity contribution in [2.45, 2.75) is 0 Å². The highest BCUT2D eigenvalue weighted by atomic mass is 16.3. The fraction of sp³-hybridized carbons (Fsp3) is 0.300. The van der Waals surface area contributed by atoms with Gasteiger partial charge in [0.25, 0.3) is 5.91 Å². The van der Waals surface area contributed by atoms with E-state index in [1.807, 2.05) is 0 Å². The molecule has 1 aliphatic heterocycles. The van der Waals surface area contributed by atoms with E-state index < -0.39 is 17.1 Å². The number of hydrogen-bond acceptors (Lipinski definition) is 4. The maximum Gasteiger partial charge on any atom is 0.270 e. The molecule has 1 aromatic rings. The van der Waals surface area contributed by atoms with E-state index in [0.29, 0.717) is 0 Å². The van der Waals surface area contributed by atoms with Crippen LogP contribution in [-0.2, 0) is 4.79 Å². The van der Waals surface area contributed by atoms with Gasteiger partial charge in [-0.25, -0.2) is 0 Å². The molecule has 0 aliphatic carbocycles. The first-order valence-corrected chi connectivity index (χ1v) is 4.99. The molecule has 0 bridgehead atoms. The third-order valence-electron chi connectivity index (χ3n) is 2.69. The Bertz CT molecular complexity index is 531. The van der Waals surface area contributed by atoms with Crippen molar-refractivity contribution in [3.63, 3.8) is 0 Å². The van der Waals surface area contributed by atoms with E-state index in [1.165, 1.54) is 4.90 Å². The molecule has 4 N–H and O–H groups in total. The number of carbonyl (C=O) groups excluding carboxylic acids is 2. The largest absolute Gasteiger partial charge is 0.503 e. The monoisotopic (exact) mass is 237 g/mol. The lowest BCUT2D eigenvalue weighted by Gasteiger charge is -2.37. The maximum absolute atomic E-state index is 11.8. The van der Waals surface area contributed by atoms with E-state index in [2.05, 4.69) is 4.98 Å². The van der Waals surface area contributed by atoms with Crippen LogP contribution in [0, 0.1) is 5.92 Å². The number of aromatic hydroxyl groups is 1. The van der Waals surface area contributed by atoms with Gasteiger partial charge in [-0.2, -0.15) is 0 Å². The number of likely N-dealkylation sites (tertiary alicyclic amines) is 1. The zero-order valence-corrected chi connectivity index (χ0v) is 8.84. The number of aromatic nitrogens is 1. The van der Waals surface area contributed by atoms with Crippen molar-refractivity contribution in [1.82, 2.24) is 9.88 Å². The number of primary amides is 1. The minimum absolute atomic E-state index is 0.0794. The number of nitrogens with zero attached hydrogens (tertiary/aromatic N) is 1. The lowest BCUT2D eigenvalue weighted by Crippen LogP contribution is -2.55. The SMILES string of the molecule is NC(=O)C1CN(C(=O)c2cc(=O)c(O)c[nH]2)C1. The average Bonchev–Trinajstić information content (AvgIpc) is 2.19. The fourth-order valence-electron chi connectivity index (χ4n) is 1.58. The molecule has 7 heteroatoms. The van der Waals surface area contributed by atoms with Gasteiger partial charge >= 0.3 is 0 Å². The predicted molar refractivity (Wildman–Crippen MR) is 57.3 cm³/mol. The predicted octanol–water partition coefficient (Wildman–Crippen LogP) is -1.36. The summed E-state index contributed by atoms with van der Waals surface area (Å²) in [6, 6.07) is 1.02. The second kappa shape index (κ2) is 3.93. The maximum atomic E-state index is 11.8. The van der Waals surface area contributed by atoms with Gasteiger partial charge in [-0.05, 0) is 0 Å². The highest BCUT2D eigenvalue weighted by Gasteiger charge is 2.35. The molecular formula is C10H11N3O4. The Morgan fingerprint density at radius 2 is 2.12 bits per heavy atom. The van der Waals surface area contributed by atoms with Crippen molar-refractivity contribution in [1.29, 1.82) is 0 Å². The van der Waals surface area contributed by atoms with Gasteiger partial charge in [0.1, 0.15) is 5.69 Å². The first-order chi connectivity index (χ1) is 7.99. The van der Waals surface area contributed by atoms with Gasteiger partial charge in [0, 0.05) is 25.4 Å². The fourth-order valence-corrected chi connectivity index (χ4v) is 1.58. The van der Waals surface area contributed by atoms with E-state index in [1.54, 1.807) is 0 Å². The van der Waals surface area contributed by atoms with Gasteiger partial charge in [-0.1, -0.05) is 0 Å². The lowest BCUT2D eigenvalue weighted by atomic mass is 9.99. The van der Waals surface area contributed by atoms with Crippen molar-refractivity contribution in [3.8, 4) is 5.75 Å². The zero-order valence-electron chi connectivity index (χ0n) is 8.84. The number of nitrogens with one attached hydrogen (secondary N) is 1. The van der Waals surface area contributed by atoms with Crippen LogP contribution in [0.1, 0.15) is 10.5 Å². The van der Waals surface area contributed by atoms with E-state index in [0.717, 1.165) is 12.3 Å². The second-order valence-corrected chi connectivity index (χ2v) is 3.91. The average molecular weight is 237 g/mol. The number of nitrogens with two attached hydrogens (primary N) is 1. The van der Waals surface area contributed by atoms with Crippen LogP contribution in [0.5, 0.6) is 5.75 Å². The standard InChI is InChI=1S/C10H11N3O4/c11-9(16)5-3-13(4-5)10(17)6-1-7(14)8(15)2-12-6/h1-2,5,15H,3-4H2,(H2,11,16)(H,12,14). The molecule has 90 valence electrons. The minimum Gasteiger partial charge on any atom is -0.503 e. The Morgan fingerprint density at radius 1 is 1.47 bits per heavy atom. The van der Waals surface area contributed by atoms with Crippen LogP contribution in [0.2, 0.25) is 0 Å². The molecule has 0 saturated carbocycles. The molecule has 0 radical (unpaired) electrons. The molecule has 17 heavy (non-hydrogen) atoms. The summed E-state index contributed by atoms with van der Waals surface area (Å²) in [7, 11) is 0. The summed E-state index contributed by atoms with van der Waals surface area (Å²) >= 11 is 0. The van der Waals surface area contributed by atoms with Gasteiger partial charge in [-0.3, -0.25) is 14.4 Å². The summed E-state index contributed by atoms with van der Waals surface area (Å²) in [6.45, 7) is 0.522. The summed E-state index contributed by atoms with van der Waals surface area (Å²) in [5, 5.41) is 9.02. The summed E-state index contributed by atoms with van der Waals surface area (Å²) < 4.78 is 0. The van der Waals surface area contributed by atoms with Crippen LogP contribution < -0.4 is 11.2 Å². The van der Waals surface area contributed by atoms with Crippen molar-refractivity contribution in [3.05, 3.63) is 28.2 Å². The Hall–Kier alpha value is -2.31. The van der Waals surface area contributed by atoms with Crippen LogP contribution in [0.25, 0.3) is 0 Å². The molecule has 1 fully saturated rings. The molecule has 0 atom stereocenters. The molecule has 1 saturated heterocycles. The van der Waals surface area contributed by atoms with Gasteiger partial charge in [0.05, 0.1) is 5.92 Å². The van der Waals surface area contributed by atoms with Crippen molar-refractivity contribution >= 4 is 11.8 Å². The van der Waals surface area contributed by atoms with Gasteiger partial charge < -0.3 is 20.7 Å². The van der Waals surface area contributed by atoms with Crippen LogP contribution in [0.3, 0.4) is 0 Å². The summed E-state index contributed by atoms with van der Waals surface area (Å²) in [4.78, 5) is 37.6. The van der Waals surface area contributed by atoms with Crippen LogP contribution in [0.4, 0.5) is 0 Å². The van der Waals surface area contributed by atoms with Crippen molar-refractivity contribution < 1.29 is 14.7 Å².